The molecule has 0 fully saturated rings. The van der Waals surface area contributed by atoms with Gasteiger partial charge in [-0.1, -0.05) is 24.3 Å². The van der Waals surface area contributed by atoms with Gasteiger partial charge in [0.1, 0.15) is 6.29 Å². The van der Waals surface area contributed by atoms with Crippen LogP contribution < -0.4 is 0 Å². The molecule has 0 aromatic heterocycles. The van der Waals surface area contributed by atoms with Crippen LogP contribution in [-0.2, 0) is 4.79 Å². The van der Waals surface area contributed by atoms with Gasteiger partial charge in [-0.3, -0.25) is 0 Å². The van der Waals surface area contributed by atoms with Crippen molar-refractivity contribution in [2.75, 3.05) is 0 Å². The van der Waals surface area contributed by atoms with E-state index in [1.807, 2.05) is 0 Å². The van der Waals surface area contributed by atoms with Crippen molar-refractivity contribution in [3.8, 4) is 0 Å². The number of benzene rings is 1. The van der Waals surface area contributed by atoms with E-state index in [4.69, 9.17) is 0 Å². The zero-order valence-corrected chi connectivity index (χ0v) is 8.21. The van der Waals surface area contributed by atoms with Gasteiger partial charge in [0.15, 0.2) is 0 Å². The molecule has 1 atom stereocenters. The Morgan fingerprint density at radius 2 is 1.93 bits per heavy atom. The Hall–Kier alpha value is -1.32. The highest BCUT2D eigenvalue weighted by Crippen LogP contribution is 2.37. The van der Waals surface area contributed by atoms with E-state index in [1.165, 1.54) is 6.07 Å². The minimum Gasteiger partial charge on any atom is -0.303 e. The van der Waals surface area contributed by atoms with Gasteiger partial charge in [0.25, 0.3) is 0 Å². The van der Waals surface area contributed by atoms with Gasteiger partial charge in [-0.2, -0.15) is 13.2 Å². The van der Waals surface area contributed by atoms with Crippen molar-refractivity contribution >= 4 is 6.29 Å². The van der Waals surface area contributed by atoms with E-state index in [0.717, 1.165) is 0 Å². The predicted octanol–water partition coefficient (Wildman–Crippen LogP) is 3.23. The first kappa shape index (κ1) is 11.8. The van der Waals surface area contributed by atoms with Gasteiger partial charge >= 0.3 is 6.18 Å². The lowest BCUT2D eigenvalue weighted by Gasteiger charge is -2.20. The van der Waals surface area contributed by atoms with Crippen molar-refractivity contribution in [1.29, 1.82) is 0 Å². The zero-order chi connectivity index (χ0) is 11.5. The number of aryl methyl sites for hydroxylation is 1. The minimum absolute atomic E-state index is 0.178. The molecule has 0 saturated carbocycles. The van der Waals surface area contributed by atoms with E-state index < -0.39 is 18.5 Å². The summed E-state index contributed by atoms with van der Waals surface area (Å²) >= 11 is 0. The smallest absolute Gasteiger partial charge is 0.303 e. The standard InChI is InChI=1S/C11H11F3O/c1-8-4-2-3-5-9(8)10(6-7-15)11(12,13)14/h2-5,7,10H,6H2,1H3. The lowest BCUT2D eigenvalue weighted by atomic mass is 9.92. The number of rotatable bonds is 3. The molecule has 0 saturated heterocycles. The second kappa shape index (κ2) is 4.47. The largest absolute Gasteiger partial charge is 0.396 e. The first-order chi connectivity index (χ1) is 6.96. The van der Waals surface area contributed by atoms with E-state index in [-0.39, 0.29) is 5.56 Å². The Bertz CT molecular complexity index is 344. The second-order valence-electron chi connectivity index (χ2n) is 3.35. The van der Waals surface area contributed by atoms with Crippen LogP contribution in [0.2, 0.25) is 0 Å². The lowest BCUT2D eigenvalue weighted by molar-refractivity contribution is -0.154. The fourth-order valence-corrected chi connectivity index (χ4v) is 1.51. The third-order valence-corrected chi connectivity index (χ3v) is 2.29. The van der Waals surface area contributed by atoms with E-state index in [1.54, 1.807) is 25.1 Å². The number of alkyl halides is 3. The highest BCUT2D eigenvalue weighted by atomic mass is 19.4. The van der Waals surface area contributed by atoms with Crippen molar-refractivity contribution in [3.63, 3.8) is 0 Å². The molecule has 15 heavy (non-hydrogen) atoms. The van der Waals surface area contributed by atoms with Crippen LogP contribution in [0.25, 0.3) is 0 Å². The van der Waals surface area contributed by atoms with Crippen molar-refractivity contribution in [2.24, 2.45) is 0 Å². The van der Waals surface area contributed by atoms with Gasteiger partial charge in [0.05, 0.1) is 5.92 Å². The van der Waals surface area contributed by atoms with Crippen molar-refractivity contribution in [1.82, 2.24) is 0 Å². The molecule has 0 spiro atoms. The van der Waals surface area contributed by atoms with Crippen LogP contribution in [-0.4, -0.2) is 12.5 Å². The van der Waals surface area contributed by atoms with E-state index in [0.29, 0.717) is 11.8 Å². The van der Waals surface area contributed by atoms with Crippen molar-refractivity contribution in [3.05, 3.63) is 35.4 Å². The maximum absolute atomic E-state index is 12.6. The number of hydrogen-bond donors (Lipinski definition) is 0. The molecule has 82 valence electrons. The Labute approximate surface area is 85.9 Å². The third kappa shape index (κ3) is 2.81. The van der Waals surface area contributed by atoms with E-state index in [2.05, 4.69) is 0 Å². The number of carbonyl (C=O) groups is 1. The number of halogens is 3. The second-order valence-corrected chi connectivity index (χ2v) is 3.35. The number of aldehydes is 1. The molecule has 4 heteroatoms. The van der Waals surface area contributed by atoms with Crippen LogP contribution in [0.4, 0.5) is 13.2 Å². The van der Waals surface area contributed by atoms with Crippen molar-refractivity contribution < 1.29 is 18.0 Å². The Morgan fingerprint density at radius 3 is 2.40 bits per heavy atom. The lowest BCUT2D eigenvalue weighted by Crippen LogP contribution is -2.22. The SMILES string of the molecule is Cc1ccccc1C(CC=O)C(F)(F)F. The molecule has 1 unspecified atom stereocenters. The third-order valence-electron chi connectivity index (χ3n) is 2.29. The van der Waals surface area contributed by atoms with Gasteiger partial charge in [0.2, 0.25) is 0 Å². The Morgan fingerprint density at radius 1 is 1.33 bits per heavy atom. The normalized spacial score (nSPS) is 13.6. The Balaban J connectivity index is 3.10. The topological polar surface area (TPSA) is 17.1 Å². The van der Waals surface area contributed by atoms with E-state index >= 15 is 0 Å². The molecule has 0 aliphatic rings. The summed E-state index contributed by atoms with van der Waals surface area (Å²) in [5.41, 5.74) is 0.735. The molecule has 0 amide bonds. The summed E-state index contributed by atoms with van der Waals surface area (Å²) in [5.74, 6) is -1.68. The average molecular weight is 216 g/mol. The quantitative estimate of drug-likeness (QED) is 0.709. The summed E-state index contributed by atoms with van der Waals surface area (Å²) < 4.78 is 37.8. The molecule has 0 radical (unpaired) electrons. The molecular weight excluding hydrogens is 205 g/mol. The van der Waals surface area contributed by atoms with Gasteiger partial charge in [-0.25, -0.2) is 0 Å². The predicted molar refractivity (Wildman–Crippen MR) is 50.7 cm³/mol. The summed E-state index contributed by atoms with van der Waals surface area (Å²) in [6.07, 6.45) is -4.58. The number of carbonyl (C=O) groups excluding carboxylic acids is 1. The summed E-state index contributed by atoms with van der Waals surface area (Å²) in [5, 5.41) is 0. The fraction of sp³-hybridized carbons (Fsp3) is 0.364. The van der Waals surface area contributed by atoms with Gasteiger partial charge < -0.3 is 4.79 Å². The zero-order valence-electron chi connectivity index (χ0n) is 8.21. The Kier molecular flexibility index (Phi) is 3.50. The molecule has 0 aliphatic heterocycles. The summed E-state index contributed by atoms with van der Waals surface area (Å²) in [6.45, 7) is 1.61. The van der Waals surface area contributed by atoms with Crippen LogP contribution in [0, 0.1) is 6.92 Å². The van der Waals surface area contributed by atoms with Gasteiger partial charge in [-0.15, -0.1) is 0 Å². The van der Waals surface area contributed by atoms with Crippen molar-refractivity contribution in [2.45, 2.75) is 25.4 Å². The first-order valence-electron chi connectivity index (χ1n) is 4.52. The van der Waals surface area contributed by atoms with Crippen LogP contribution in [0.3, 0.4) is 0 Å². The van der Waals surface area contributed by atoms with Gasteiger partial charge in [-0.05, 0) is 18.1 Å². The number of hydrogen-bond acceptors (Lipinski definition) is 1. The molecule has 0 heterocycles. The molecule has 0 bridgehead atoms. The molecule has 1 nitrogen and oxygen atoms in total. The highest BCUT2D eigenvalue weighted by Gasteiger charge is 2.40. The fourth-order valence-electron chi connectivity index (χ4n) is 1.51. The molecule has 0 aliphatic carbocycles. The monoisotopic (exact) mass is 216 g/mol. The summed E-state index contributed by atoms with van der Waals surface area (Å²) in [4.78, 5) is 10.2. The molecule has 1 aromatic rings. The van der Waals surface area contributed by atoms with Crippen LogP contribution in [0.1, 0.15) is 23.5 Å². The molecule has 1 aromatic carbocycles. The van der Waals surface area contributed by atoms with Gasteiger partial charge in [0, 0.05) is 6.42 Å². The first-order valence-corrected chi connectivity index (χ1v) is 4.52. The van der Waals surface area contributed by atoms with Crippen LogP contribution in [0.5, 0.6) is 0 Å². The maximum atomic E-state index is 12.6. The minimum atomic E-state index is -4.37. The maximum Gasteiger partial charge on any atom is 0.396 e. The van der Waals surface area contributed by atoms with E-state index in [9.17, 15) is 18.0 Å². The molecular formula is C11H11F3O. The van der Waals surface area contributed by atoms with Crippen LogP contribution in [0.15, 0.2) is 24.3 Å². The van der Waals surface area contributed by atoms with Crippen LogP contribution >= 0.6 is 0 Å². The summed E-state index contributed by atoms with van der Waals surface area (Å²) in [6, 6.07) is 6.24. The highest BCUT2D eigenvalue weighted by molar-refractivity contribution is 5.52. The molecule has 0 N–H and O–H groups in total. The molecule has 1 rings (SSSR count). The summed E-state index contributed by atoms with van der Waals surface area (Å²) in [7, 11) is 0. The average Bonchev–Trinajstić information content (AvgIpc) is 2.14.